The molecule has 0 unspecified atom stereocenters. The zero-order valence-electron chi connectivity index (χ0n) is 11.5. The highest BCUT2D eigenvalue weighted by molar-refractivity contribution is 5.93. The smallest absolute Gasteiger partial charge is 0.270 e. The number of hydrogen-bond acceptors (Lipinski definition) is 1. The largest absolute Gasteiger partial charge is 0.340 e. The standard InChI is InChI=1S/C17H16N2O/c1-2-18-10-11-19-13-15(12-16(19)17(18)20)9-8-14-6-4-3-5-7-14/h3-7,12-13H,2,10-11H2,1H3. The van der Waals surface area contributed by atoms with Crippen LogP contribution >= 0.6 is 0 Å². The van der Waals surface area contributed by atoms with Crippen LogP contribution in [-0.2, 0) is 6.54 Å². The molecular weight excluding hydrogens is 248 g/mol. The fraction of sp³-hybridized carbons (Fsp3) is 0.235. The minimum absolute atomic E-state index is 0.103. The Balaban J connectivity index is 1.88. The van der Waals surface area contributed by atoms with Crippen LogP contribution in [0.5, 0.6) is 0 Å². The summed E-state index contributed by atoms with van der Waals surface area (Å²) >= 11 is 0. The zero-order valence-corrected chi connectivity index (χ0v) is 11.5. The van der Waals surface area contributed by atoms with Gasteiger partial charge in [0.2, 0.25) is 0 Å². The molecule has 0 fully saturated rings. The van der Waals surface area contributed by atoms with E-state index in [2.05, 4.69) is 11.8 Å². The van der Waals surface area contributed by atoms with E-state index in [4.69, 9.17) is 0 Å². The predicted octanol–water partition coefficient (Wildman–Crippen LogP) is 2.36. The molecule has 0 radical (unpaired) electrons. The number of benzene rings is 1. The van der Waals surface area contributed by atoms with Crippen LogP contribution in [0.4, 0.5) is 0 Å². The summed E-state index contributed by atoms with van der Waals surface area (Å²) in [4.78, 5) is 14.1. The molecule has 1 aromatic carbocycles. The molecule has 3 heteroatoms. The summed E-state index contributed by atoms with van der Waals surface area (Å²) in [5, 5.41) is 0. The summed E-state index contributed by atoms with van der Waals surface area (Å²) in [6, 6.07) is 11.8. The fourth-order valence-corrected chi connectivity index (χ4v) is 2.40. The van der Waals surface area contributed by atoms with Gasteiger partial charge >= 0.3 is 0 Å². The number of carbonyl (C=O) groups excluding carboxylic acids is 1. The van der Waals surface area contributed by atoms with E-state index in [9.17, 15) is 4.79 Å². The van der Waals surface area contributed by atoms with Gasteiger partial charge in [-0.15, -0.1) is 0 Å². The minimum atomic E-state index is 0.103. The van der Waals surface area contributed by atoms with Crippen LogP contribution in [0.3, 0.4) is 0 Å². The quantitative estimate of drug-likeness (QED) is 0.726. The Hall–Kier alpha value is -2.47. The monoisotopic (exact) mass is 264 g/mol. The second kappa shape index (κ2) is 5.26. The van der Waals surface area contributed by atoms with Gasteiger partial charge in [0.15, 0.2) is 0 Å². The molecule has 0 saturated heterocycles. The highest BCUT2D eigenvalue weighted by Gasteiger charge is 2.23. The molecule has 3 nitrogen and oxygen atoms in total. The van der Waals surface area contributed by atoms with E-state index >= 15 is 0 Å². The van der Waals surface area contributed by atoms with Gasteiger partial charge in [0.05, 0.1) is 0 Å². The van der Waals surface area contributed by atoms with E-state index in [0.29, 0.717) is 0 Å². The number of fused-ring (bicyclic) bond motifs is 1. The summed E-state index contributed by atoms with van der Waals surface area (Å²) in [5.74, 6) is 6.36. The van der Waals surface area contributed by atoms with Crippen molar-refractivity contribution in [3.8, 4) is 11.8 Å². The molecule has 1 aliphatic heterocycles. The highest BCUT2D eigenvalue weighted by atomic mass is 16.2. The first kappa shape index (κ1) is 12.6. The summed E-state index contributed by atoms with van der Waals surface area (Å²) in [6.07, 6.45) is 1.97. The van der Waals surface area contributed by atoms with Crippen molar-refractivity contribution < 1.29 is 4.79 Å². The van der Waals surface area contributed by atoms with Gasteiger partial charge in [0.25, 0.3) is 5.91 Å². The Morgan fingerprint density at radius 1 is 1.10 bits per heavy atom. The average Bonchev–Trinajstić information content (AvgIpc) is 2.91. The zero-order chi connectivity index (χ0) is 13.9. The second-order valence-electron chi connectivity index (χ2n) is 4.81. The van der Waals surface area contributed by atoms with E-state index in [1.165, 1.54) is 0 Å². The third-order valence-electron chi connectivity index (χ3n) is 3.52. The van der Waals surface area contributed by atoms with Crippen molar-refractivity contribution >= 4 is 5.91 Å². The van der Waals surface area contributed by atoms with Crippen LogP contribution in [-0.4, -0.2) is 28.5 Å². The first-order valence-electron chi connectivity index (χ1n) is 6.84. The van der Waals surface area contributed by atoms with Crippen molar-refractivity contribution in [1.29, 1.82) is 0 Å². The molecule has 0 saturated carbocycles. The molecule has 3 rings (SSSR count). The Labute approximate surface area is 118 Å². The number of carbonyl (C=O) groups is 1. The molecule has 2 heterocycles. The molecular formula is C17H16N2O. The van der Waals surface area contributed by atoms with Gasteiger partial charge in [-0.3, -0.25) is 4.79 Å². The third-order valence-corrected chi connectivity index (χ3v) is 3.52. The molecule has 100 valence electrons. The van der Waals surface area contributed by atoms with Gasteiger partial charge in [0, 0.05) is 37.0 Å². The normalized spacial score (nSPS) is 13.7. The molecule has 0 aliphatic carbocycles. The predicted molar refractivity (Wildman–Crippen MR) is 78.4 cm³/mol. The van der Waals surface area contributed by atoms with Crippen LogP contribution in [0.2, 0.25) is 0 Å². The Kier molecular flexibility index (Phi) is 3.30. The lowest BCUT2D eigenvalue weighted by atomic mass is 10.2. The van der Waals surface area contributed by atoms with Crippen molar-refractivity contribution in [3.63, 3.8) is 0 Å². The van der Waals surface area contributed by atoms with Crippen molar-refractivity contribution in [1.82, 2.24) is 9.47 Å². The van der Waals surface area contributed by atoms with Crippen LogP contribution in [0.15, 0.2) is 42.6 Å². The van der Waals surface area contributed by atoms with E-state index in [1.807, 2.05) is 59.0 Å². The van der Waals surface area contributed by atoms with Crippen LogP contribution < -0.4 is 0 Å². The molecule has 0 N–H and O–H groups in total. The maximum absolute atomic E-state index is 12.2. The third kappa shape index (κ3) is 2.33. The number of rotatable bonds is 1. The van der Waals surface area contributed by atoms with Gasteiger partial charge in [-0.2, -0.15) is 0 Å². The summed E-state index contributed by atoms with van der Waals surface area (Å²) in [6.45, 7) is 4.39. The SMILES string of the molecule is CCN1CCn2cc(C#Cc3ccccc3)cc2C1=O. The van der Waals surface area contributed by atoms with Crippen LogP contribution in [0.1, 0.15) is 28.5 Å². The lowest BCUT2D eigenvalue weighted by Crippen LogP contribution is -2.39. The molecule has 20 heavy (non-hydrogen) atoms. The Morgan fingerprint density at radius 3 is 2.60 bits per heavy atom. The van der Waals surface area contributed by atoms with E-state index in [-0.39, 0.29) is 5.91 Å². The maximum atomic E-state index is 12.2. The number of likely N-dealkylation sites (N-methyl/N-ethyl adjacent to an activating group) is 1. The molecule has 0 atom stereocenters. The van der Waals surface area contributed by atoms with Crippen molar-refractivity contribution in [3.05, 3.63) is 59.4 Å². The summed E-state index contributed by atoms with van der Waals surface area (Å²) < 4.78 is 2.00. The molecule has 0 bridgehead atoms. The van der Waals surface area contributed by atoms with Gasteiger partial charge in [0.1, 0.15) is 5.69 Å². The topological polar surface area (TPSA) is 25.2 Å². The van der Waals surface area contributed by atoms with E-state index < -0.39 is 0 Å². The maximum Gasteiger partial charge on any atom is 0.270 e. The van der Waals surface area contributed by atoms with Gasteiger partial charge in [-0.25, -0.2) is 0 Å². The van der Waals surface area contributed by atoms with Gasteiger partial charge < -0.3 is 9.47 Å². The summed E-state index contributed by atoms with van der Waals surface area (Å²) in [5.41, 5.74) is 2.63. The molecule has 0 spiro atoms. The lowest BCUT2D eigenvalue weighted by Gasteiger charge is -2.26. The van der Waals surface area contributed by atoms with Crippen LogP contribution in [0.25, 0.3) is 0 Å². The fourth-order valence-electron chi connectivity index (χ4n) is 2.40. The molecule has 1 amide bonds. The Morgan fingerprint density at radius 2 is 1.85 bits per heavy atom. The second-order valence-corrected chi connectivity index (χ2v) is 4.81. The first-order valence-corrected chi connectivity index (χ1v) is 6.84. The van der Waals surface area contributed by atoms with Crippen molar-refractivity contribution in [2.75, 3.05) is 13.1 Å². The Bertz CT molecular complexity index is 689. The molecule has 1 aromatic heterocycles. The van der Waals surface area contributed by atoms with Crippen LogP contribution in [0, 0.1) is 11.8 Å². The van der Waals surface area contributed by atoms with Gasteiger partial charge in [-0.1, -0.05) is 30.0 Å². The van der Waals surface area contributed by atoms with E-state index in [0.717, 1.165) is 36.5 Å². The highest BCUT2D eigenvalue weighted by Crippen LogP contribution is 2.15. The van der Waals surface area contributed by atoms with Crippen molar-refractivity contribution in [2.24, 2.45) is 0 Å². The molecule has 2 aromatic rings. The number of nitrogens with zero attached hydrogens (tertiary/aromatic N) is 2. The number of aromatic nitrogens is 1. The van der Waals surface area contributed by atoms with Gasteiger partial charge in [-0.05, 0) is 25.1 Å². The summed E-state index contributed by atoms with van der Waals surface area (Å²) in [7, 11) is 0. The minimum Gasteiger partial charge on any atom is -0.340 e. The van der Waals surface area contributed by atoms with E-state index in [1.54, 1.807) is 0 Å². The average molecular weight is 264 g/mol. The lowest BCUT2D eigenvalue weighted by molar-refractivity contribution is 0.0715. The molecule has 1 aliphatic rings. The van der Waals surface area contributed by atoms with Crippen molar-refractivity contribution in [2.45, 2.75) is 13.5 Å². The number of amides is 1. The number of hydrogen-bond donors (Lipinski definition) is 0. The first-order chi connectivity index (χ1) is 9.78.